The highest BCUT2D eigenvalue weighted by Crippen LogP contribution is 2.44. The van der Waals surface area contributed by atoms with Crippen LogP contribution in [0.4, 0.5) is 34.9 Å². The van der Waals surface area contributed by atoms with Gasteiger partial charge in [-0.05, 0) is 29.8 Å². The van der Waals surface area contributed by atoms with Crippen LogP contribution in [0.5, 0.6) is 0 Å². The molecule has 4 aromatic rings. The summed E-state index contributed by atoms with van der Waals surface area (Å²) in [5, 5.41) is 7.49. The summed E-state index contributed by atoms with van der Waals surface area (Å²) in [6.45, 7) is -0.0948. The molecular weight excluding hydrogens is 536 g/mol. The zero-order chi connectivity index (χ0) is 27.7. The zero-order valence-electron chi connectivity index (χ0n) is 20.5. The monoisotopic (exact) mass is 558 g/mol. The Labute approximate surface area is 224 Å². The van der Waals surface area contributed by atoms with Crippen molar-refractivity contribution in [3.05, 3.63) is 76.1 Å². The second kappa shape index (κ2) is 10.5. The maximum Gasteiger partial charge on any atom is 0.389 e. The number of carbonyl (C=O) groups excluding carboxylic acids is 2. The van der Waals surface area contributed by atoms with Crippen molar-refractivity contribution < 1.29 is 27.2 Å². The van der Waals surface area contributed by atoms with Gasteiger partial charge in [-0.25, -0.2) is 14.4 Å². The molecule has 1 aromatic carbocycles. The summed E-state index contributed by atoms with van der Waals surface area (Å²) in [5.74, 6) is -1.60. The summed E-state index contributed by atoms with van der Waals surface area (Å²) < 4.78 is 53.5. The Balaban J connectivity index is 1.51. The van der Waals surface area contributed by atoms with Gasteiger partial charge in [0.1, 0.15) is 17.5 Å². The largest absolute Gasteiger partial charge is 0.389 e. The van der Waals surface area contributed by atoms with Crippen molar-refractivity contribution in [2.75, 3.05) is 24.2 Å². The summed E-state index contributed by atoms with van der Waals surface area (Å²) >= 11 is 1.31. The van der Waals surface area contributed by atoms with Gasteiger partial charge in [-0.15, -0.1) is 11.3 Å². The van der Waals surface area contributed by atoms with Crippen molar-refractivity contribution in [2.45, 2.75) is 24.9 Å². The predicted octanol–water partition coefficient (Wildman–Crippen LogP) is 5.72. The summed E-state index contributed by atoms with van der Waals surface area (Å²) in [6, 6.07) is 8.70. The molecule has 4 heterocycles. The highest BCUT2D eigenvalue weighted by atomic mass is 32.1. The van der Waals surface area contributed by atoms with Gasteiger partial charge in [0.05, 0.1) is 35.3 Å². The van der Waals surface area contributed by atoms with E-state index in [1.165, 1.54) is 53.7 Å². The van der Waals surface area contributed by atoms with Crippen LogP contribution >= 0.6 is 11.3 Å². The van der Waals surface area contributed by atoms with Gasteiger partial charge in [-0.3, -0.25) is 9.59 Å². The smallest absolute Gasteiger partial charge is 0.356 e. The zero-order valence-corrected chi connectivity index (χ0v) is 21.3. The molecule has 8 nitrogen and oxygen atoms in total. The lowest BCUT2D eigenvalue weighted by molar-refractivity contribution is -0.139. The van der Waals surface area contributed by atoms with E-state index in [4.69, 9.17) is 0 Å². The molecule has 39 heavy (non-hydrogen) atoms. The van der Waals surface area contributed by atoms with Gasteiger partial charge in [0.2, 0.25) is 5.91 Å². The number of likely N-dealkylation sites (N-methyl/N-ethyl adjacent to an activating group) is 1. The number of nitrogens with one attached hydrogen (secondary N) is 3. The standard InChI is InChI=1S/C26H22F4N6O2S/c1-36-11-16(10-26(28,29)30)22-21(25(36)38)24(34-19-12-39-13-32-19)23(35-22)15-6-7-31-18(9-15)33-20(37)8-14-2-4-17(27)5-3-14/h2-7,9,12-13,16,34-35H,8,10-11H2,1H3,(H,31,33,37)/t16-/m1/s1. The number of fused-ring (bicyclic) bond motifs is 1. The highest BCUT2D eigenvalue weighted by molar-refractivity contribution is 7.07. The second-order valence-corrected chi connectivity index (χ2v) is 9.86. The molecule has 2 amide bonds. The number of benzene rings is 1. The SMILES string of the molecule is CN1C[C@@H](CC(F)(F)F)c2[nH]c(-c3ccnc(NC(=O)Cc4ccc(F)cc4)c3)c(Nc3cscn3)c2C1=O. The molecule has 0 fully saturated rings. The quantitative estimate of drug-likeness (QED) is 0.252. The number of rotatable bonds is 7. The fourth-order valence-corrected chi connectivity index (χ4v) is 5.05. The van der Waals surface area contributed by atoms with Crippen molar-refractivity contribution in [1.29, 1.82) is 0 Å². The maximum atomic E-state index is 13.4. The third kappa shape index (κ3) is 5.93. The first-order valence-corrected chi connectivity index (χ1v) is 12.8. The molecule has 3 aromatic heterocycles. The number of aromatic amines is 1. The van der Waals surface area contributed by atoms with Crippen LogP contribution in [-0.2, 0) is 11.2 Å². The summed E-state index contributed by atoms with van der Waals surface area (Å²) in [4.78, 5) is 38.5. The molecule has 0 spiro atoms. The molecular formula is C26H22F4N6O2S. The van der Waals surface area contributed by atoms with E-state index < -0.39 is 30.2 Å². The lowest BCUT2D eigenvalue weighted by Gasteiger charge is -2.30. The van der Waals surface area contributed by atoms with E-state index in [1.807, 2.05) is 0 Å². The van der Waals surface area contributed by atoms with Crippen molar-refractivity contribution in [1.82, 2.24) is 19.9 Å². The molecule has 1 aliphatic rings. The van der Waals surface area contributed by atoms with Gasteiger partial charge >= 0.3 is 6.18 Å². The molecule has 0 unspecified atom stereocenters. The van der Waals surface area contributed by atoms with Crippen molar-refractivity contribution in [2.24, 2.45) is 0 Å². The minimum atomic E-state index is -4.43. The first-order valence-electron chi connectivity index (χ1n) is 11.8. The number of aromatic nitrogens is 3. The number of nitrogens with zero attached hydrogens (tertiary/aromatic N) is 3. The van der Waals surface area contributed by atoms with Crippen LogP contribution < -0.4 is 10.6 Å². The van der Waals surface area contributed by atoms with Crippen LogP contribution in [0.1, 0.15) is 34.0 Å². The van der Waals surface area contributed by atoms with Gasteiger partial charge in [0.15, 0.2) is 0 Å². The topological polar surface area (TPSA) is 103 Å². The molecule has 0 saturated heterocycles. The highest BCUT2D eigenvalue weighted by Gasteiger charge is 2.41. The fraction of sp³-hybridized carbons (Fsp3) is 0.231. The number of anilines is 3. The number of amides is 2. The summed E-state index contributed by atoms with van der Waals surface area (Å²) in [6.07, 6.45) is -4.11. The van der Waals surface area contributed by atoms with Crippen LogP contribution in [0.25, 0.3) is 11.3 Å². The van der Waals surface area contributed by atoms with E-state index in [2.05, 4.69) is 25.6 Å². The first-order chi connectivity index (χ1) is 18.6. The first kappa shape index (κ1) is 26.4. The molecule has 0 aliphatic carbocycles. The second-order valence-electron chi connectivity index (χ2n) is 9.15. The Morgan fingerprint density at radius 3 is 2.64 bits per heavy atom. The molecule has 3 N–H and O–H groups in total. The van der Waals surface area contributed by atoms with Gasteiger partial charge in [0.25, 0.3) is 5.91 Å². The fourth-order valence-electron chi connectivity index (χ4n) is 4.56. The normalized spacial score (nSPS) is 15.3. The maximum absolute atomic E-state index is 13.4. The van der Waals surface area contributed by atoms with E-state index in [0.29, 0.717) is 22.6 Å². The van der Waals surface area contributed by atoms with E-state index in [-0.39, 0.29) is 41.6 Å². The average molecular weight is 559 g/mol. The Morgan fingerprint density at radius 1 is 1.18 bits per heavy atom. The van der Waals surface area contributed by atoms with Gasteiger partial charge in [-0.2, -0.15) is 13.2 Å². The minimum absolute atomic E-state index is 0.0143. The van der Waals surface area contributed by atoms with Crippen molar-refractivity contribution in [3.63, 3.8) is 0 Å². The number of H-pyrrole nitrogens is 1. The Hall–Kier alpha value is -4.26. The summed E-state index contributed by atoms with van der Waals surface area (Å²) in [5.41, 5.74) is 3.62. The van der Waals surface area contributed by atoms with Crippen LogP contribution in [0.15, 0.2) is 53.5 Å². The molecule has 1 aliphatic heterocycles. The number of halogens is 4. The Morgan fingerprint density at radius 2 is 1.95 bits per heavy atom. The Kier molecular flexibility index (Phi) is 7.08. The third-order valence-electron chi connectivity index (χ3n) is 6.25. The number of hydrogen-bond acceptors (Lipinski definition) is 6. The van der Waals surface area contributed by atoms with Crippen molar-refractivity contribution in [3.8, 4) is 11.3 Å². The number of hydrogen-bond donors (Lipinski definition) is 3. The molecule has 13 heteroatoms. The van der Waals surface area contributed by atoms with E-state index in [9.17, 15) is 27.2 Å². The van der Waals surface area contributed by atoms with Crippen LogP contribution in [-0.4, -0.2) is 51.4 Å². The van der Waals surface area contributed by atoms with E-state index >= 15 is 0 Å². The molecule has 202 valence electrons. The average Bonchev–Trinajstić information content (AvgIpc) is 3.52. The molecule has 0 bridgehead atoms. The van der Waals surface area contributed by atoms with Crippen LogP contribution in [0.3, 0.4) is 0 Å². The molecule has 1 atom stereocenters. The number of alkyl halides is 3. The van der Waals surface area contributed by atoms with Crippen molar-refractivity contribution >= 4 is 40.5 Å². The lowest BCUT2D eigenvalue weighted by atomic mass is 9.92. The van der Waals surface area contributed by atoms with E-state index in [1.54, 1.807) is 23.0 Å². The lowest BCUT2D eigenvalue weighted by Crippen LogP contribution is -2.38. The van der Waals surface area contributed by atoms with Crippen LogP contribution in [0, 0.1) is 5.82 Å². The third-order valence-corrected chi connectivity index (χ3v) is 6.84. The van der Waals surface area contributed by atoms with Crippen LogP contribution in [0.2, 0.25) is 0 Å². The molecule has 0 saturated carbocycles. The summed E-state index contributed by atoms with van der Waals surface area (Å²) in [7, 11) is 1.47. The number of thiazole rings is 1. The minimum Gasteiger partial charge on any atom is -0.356 e. The number of pyridine rings is 1. The van der Waals surface area contributed by atoms with Gasteiger partial charge in [-0.1, -0.05) is 12.1 Å². The van der Waals surface area contributed by atoms with E-state index in [0.717, 1.165) is 0 Å². The van der Waals surface area contributed by atoms with Gasteiger partial charge < -0.3 is 20.5 Å². The number of carbonyl (C=O) groups is 2. The molecule has 5 rings (SSSR count). The van der Waals surface area contributed by atoms with Gasteiger partial charge in [0, 0.05) is 42.3 Å². The predicted molar refractivity (Wildman–Crippen MR) is 139 cm³/mol. The molecule has 0 radical (unpaired) electrons. The Bertz CT molecular complexity index is 1500.